The van der Waals surface area contributed by atoms with E-state index in [0.29, 0.717) is 24.3 Å². The van der Waals surface area contributed by atoms with Gasteiger partial charge in [0.1, 0.15) is 22.0 Å². The van der Waals surface area contributed by atoms with Crippen LogP contribution in [0.5, 0.6) is 0 Å². The first-order valence-electron chi connectivity index (χ1n) is 13.1. The van der Waals surface area contributed by atoms with E-state index < -0.39 is 37.7 Å². The second kappa shape index (κ2) is 10.5. The molecular formula is C27H31FN4O6S2. The highest BCUT2D eigenvalue weighted by Crippen LogP contribution is 2.42. The first-order valence-corrected chi connectivity index (χ1v) is 16.4. The van der Waals surface area contributed by atoms with Gasteiger partial charge >= 0.3 is 0 Å². The molecule has 1 fully saturated rings. The predicted octanol–water partition coefficient (Wildman–Crippen LogP) is 4.15. The average Bonchev–Trinajstić information content (AvgIpc) is 3.10. The van der Waals surface area contributed by atoms with E-state index in [0.717, 1.165) is 31.6 Å². The van der Waals surface area contributed by atoms with Crippen molar-refractivity contribution in [3.63, 3.8) is 0 Å². The number of rotatable bonds is 6. The number of hydrogen-bond donors (Lipinski definition) is 3. The molecule has 0 radical (unpaired) electrons. The molecule has 3 atom stereocenters. The van der Waals surface area contributed by atoms with Gasteiger partial charge in [-0.3, -0.25) is 9.52 Å². The van der Waals surface area contributed by atoms with E-state index in [4.69, 9.17) is 0 Å². The number of anilines is 2. The van der Waals surface area contributed by atoms with Crippen LogP contribution in [0.2, 0.25) is 0 Å². The van der Waals surface area contributed by atoms with E-state index in [2.05, 4.69) is 21.4 Å². The van der Waals surface area contributed by atoms with Gasteiger partial charge < -0.3 is 15.3 Å². The molecule has 3 aliphatic rings. The minimum absolute atomic E-state index is 0.0401. The molecule has 1 saturated carbocycles. The Morgan fingerprint density at radius 3 is 2.58 bits per heavy atom. The molecule has 2 heterocycles. The van der Waals surface area contributed by atoms with Crippen LogP contribution in [0.3, 0.4) is 0 Å². The molecule has 0 saturated heterocycles. The van der Waals surface area contributed by atoms with Crippen molar-refractivity contribution in [1.82, 2.24) is 4.90 Å². The standard InChI is InChI=1S/C27H31FN4O6S2/c1-3-16-5-4-6-20-22(13-16)32(15-17-7-9-18(28)10-8-17)27(34)24(25(20)33)26-29-21-12-11-19(30-39(2,35)36)14-23(21)40(37,38)31-26/h7-12,14,16,20,22,30,33H,3-6,13,15H2,1-2H3,(H,29,31)/t16?,20-,22+/m1/s1. The number of carbonyl (C=O) groups is 1. The highest BCUT2D eigenvalue weighted by atomic mass is 32.2. The molecule has 3 N–H and O–H groups in total. The summed E-state index contributed by atoms with van der Waals surface area (Å²) in [5.41, 5.74) is 0.620. The first kappa shape index (κ1) is 28.1. The lowest BCUT2D eigenvalue weighted by Crippen LogP contribution is -2.51. The zero-order valence-corrected chi connectivity index (χ0v) is 23.7. The van der Waals surface area contributed by atoms with Gasteiger partial charge in [0.05, 0.1) is 11.9 Å². The third-order valence-corrected chi connectivity index (χ3v) is 9.68. The Bertz CT molecular complexity index is 1620. The third-order valence-electron chi connectivity index (χ3n) is 7.76. The number of benzene rings is 2. The minimum atomic E-state index is -4.36. The fourth-order valence-electron chi connectivity index (χ4n) is 5.81. The average molecular weight is 591 g/mol. The van der Waals surface area contributed by atoms with Crippen molar-refractivity contribution in [3.8, 4) is 0 Å². The lowest BCUT2D eigenvalue weighted by atomic mass is 9.83. The molecule has 13 heteroatoms. The molecule has 1 amide bonds. The Balaban J connectivity index is 1.57. The Morgan fingerprint density at radius 1 is 1.18 bits per heavy atom. The lowest BCUT2D eigenvalue weighted by Gasteiger charge is -2.42. The Morgan fingerprint density at radius 2 is 1.90 bits per heavy atom. The van der Waals surface area contributed by atoms with Crippen molar-refractivity contribution >= 4 is 43.2 Å². The van der Waals surface area contributed by atoms with Crippen LogP contribution in [-0.2, 0) is 31.4 Å². The molecule has 0 spiro atoms. The van der Waals surface area contributed by atoms with E-state index in [1.54, 1.807) is 17.0 Å². The van der Waals surface area contributed by atoms with E-state index in [1.165, 1.54) is 24.3 Å². The van der Waals surface area contributed by atoms with Crippen LogP contribution in [0, 0.1) is 17.7 Å². The molecule has 2 aromatic rings. The number of nitrogens with zero attached hydrogens (tertiary/aromatic N) is 2. The number of carbonyl (C=O) groups excluding carboxylic acids is 1. The van der Waals surface area contributed by atoms with E-state index in [1.807, 2.05) is 0 Å². The molecule has 40 heavy (non-hydrogen) atoms. The summed E-state index contributed by atoms with van der Waals surface area (Å²) in [7, 11) is -8.01. The Hall–Kier alpha value is -3.45. The second-order valence-electron chi connectivity index (χ2n) is 10.6. The normalized spacial score (nSPS) is 24.4. The number of sulfonamides is 2. The van der Waals surface area contributed by atoms with Crippen molar-refractivity contribution < 1.29 is 31.1 Å². The van der Waals surface area contributed by atoms with Crippen molar-refractivity contribution in [1.29, 1.82) is 0 Å². The lowest BCUT2D eigenvalue weighted by molar-refractivity contribution is -0.133. The number of halogens is 1. The van der Waals surface area contributed by atoms with Gasteiger partial charge in [0.15, 0.2) is 5.84 Å². The molecule has 0 aromatic heterocycles. The minimum Gasteiger partial charge on any atom is -0.511 e. The zero-order valence-electron chi connectivity index (χ0n) is 22.1. The monoisotopic (exact) mass is 590 g/mol. The molecule has 2 aromatic carbocycles. The molecule has 10 nitrogen and oxygen atoms in total. The quantitative estimate of drug-likeness (QED) is 0.458. The smallest absolute Gasteiger partial charge is 0.286 e. The van der Waals surface area contributed by atoms with E-state index in [9.17, 15) is 31.1 Å². The number of amidine groups is 1. The number of nitrogens with one attached hydrogen (secondary N) is 2. The van der Waals surface area contributed by atoms with Gasteiger partial charge in [-0.05, 0) is 54.7 Å². The Labute approximate surface area is 233 Å². The van der Waals surface area contributed by atoms with E-state index >= 15 is 0 Å². The van der Waals surface area contributed by atoms with Crippen molar-refractivity contribution in [2.24, 2.45) is 16.2 Å². The summed E-state index contributed by atoms with van der Waals surface area (Å²) in [4.78, 5) is 15.4. The highest BCUT2D eigenvalue weighted by Gasteiger charge is 2.46. The summed E-state index contributed by atoms with van der Waals surface area (Å²) in [5.74, 6) is -1.51. The molecule has 2 aliphatic heterocycles. The van der Waals surface area contributed by atoms with Gasteiger partial charge in [-0.15, -0.1) is 4.40 Å². The van der Waals surface area contributed by atoms with Crippen LogP contribution in [0.25, 0.3) is 0 Å². The van der Waals surface area contributed by atoms with Gasteiger partial charge in [0, 0.05) is 24.2 Å². The third kappa shape index (κ3) is 5.57. The highest BCUT2D eigenvalue weighted by molar-refractivity contribution is 7.92. The summed E-state index contributed by atoms with van der Waals surface area (Å²) >= 11 is 0. The second-order valence-corrected chi connectivity index (χ2v) is 13.9. The summed E-state index contributed by atoms with van der Waals surface area (Å²) in [5, 5.41) is 14.3. The van der Waals surface area contributed by atoms with Crippen molar-refractivity contribution in [3.05, 3.63) is 65.2 Å². The number of fused-ring (bicyclic) bond motifs is 2. The fourth-order valence-corrected chi connectivity index (χ4v) is 7.51. The van der Waals surface area contributed by atoms with Gasteiger partial charge in [-0.25, -0.2) is 12.8 Å². The van der Waals surface area contributed by atoms with Crippen LogP contribution >= 0.6 is 0 Å². The maximum Gasteiger partial charge on any atom is 0.286 e. The fraction of sp³-hybridized carbons (Fsp3) is 0.407. The van der Waals surface area contributed by atoms with Crippen molar-refractivity contribution in [2.45, 2.75) is 56.5 Å². The largest absolute Gasteiger partial charge is 0.511 e. The molecule has 0 bridgehead atoms. The van der Waals surface area contributed by atoms with Crippen molar-refractivity contribution in [2.75, 3.05) is 16.3 Å². The molecule has 1 unspecified atom stereocenters. The maximum atomic E-state index is 14.0. The number of aliphatic hydroxyl groups is 1. The maximum absolute atomic E-state index is 14.0. The molecule has 5 rings (SSSR count). The number of amides is 1. The molecular weight excluding hydrogens is 559 g/mol. The summed E-state index contributed by atoms with van der Waals surface area (Å²) in [6.07, 6.45) is 4.96. The van der Waals surface area contributed by atoms with Gasteiger partial charge in [-0.2, -0.15) is 8.42 Å². The number of aliphatic hydroxyl groups excluding tert-OH is 1. The SMILES string of the molecule is CCC1CCC[C@H]2C(O)=C(C3=NS(=O)(=O)c4cc(NS(C)(=O)=O)ccc4N3)C(=O)N(Cc3ccc(F)cc3)[C@H]2C1. The molecule has 214 valence electrons. The first-order chi connectivity index (χ1) is 18.9. The van der Waals surface area contributed by atoms with Gasteiger partial charge in [0.2, 0.25) is 10.0 Å². The Kier molecular flexibility index (Phi) is 7.38. The summed E-state index contributed by atoms with van der Waals surface area (Å²) in [6.45, 7) is 2.26. The van der Waals surface area contributed by atoms with Gasteiger partial charge in [-0.1, -0.05) is 38.3 Å². The van der Waals surface area contributed by atoms with E-state index in [-0.39, 0.29) is 46.0 Å². The number of hydrogen-bond acceptors (Lipinski definition) is 7. The van der Waals surface area contributed by atoms with Gasteiger partial charge in [0.25, 0.3) is 15.9 Å². The topological polar surface area (TPSA) is 145 Å². The summed E-state index contributed by atoms with van der Waals surface area (Å²) < 4.78 is 69.3. The van der Waals surface area contributed by atoms with Crippen LogP contribution < -0.4 is 10.0 Å². The van der Waals surface area contributed by atoms with Crippen LogP contribution in [-0.4, -0.2) is 50.9 Å². The van der Waals surface area contributed by atoms with Crippen LogP contribution in [0.4, 0.5) is 15.8 Å². The van der Waals surface area contributed by atoms with Crippen LogP contribution in [0.1, 0.15) is 44.6 Å². The summed E-state index contributed by atoms with van der Waals surface area (Å²) in [6, 6.07) is 9.42. The predicted molar refractivity (Wildman–Crippen MR) is 149 cm³/mol. The molecule has 1 aliphatic carbocycles. The zero-order chi connectivity index (χ0) is 28.8. The van der Waals surface area contributed by atoms with Crippen LogP contribution in [0.15, 0.2) is 63.1 Å².